The normalized spacial score (nSPS) is 22.0. The van der Waals surface area contributed by atoms with Gasteiger partial charge in [0.05, 0.1) is 13.0 Å². The summed E-state index contributed by atoms with van der Waals surface area (Å²) >= 11 is 0. The van der Waals surface area contributed by atoms with E-state index < -0.39 is 23.8 Å². The van der Waals surface area contributed by atoms with Gasteiger partial charge in [0.2, 0.25) is 11.8 Å². The Morgan fingerprint density at radius 2 is 2.25 bits per heavy atom. The number of hydrogen-bond donors (Lipinski definition) is 1. The van der Waals surface area contributed by atoms with Crippen molar-refractivity contribution in [3.63, 3.8) is 0 Å². The zero-order chi connectivity index (χ0) is 12.3. The van der Waals surface area contributed by atoms with Crippen molar-refractivity contribution in [1.82, 2.24) is 4.90 Å². The number of amides is 2. The van der Waals surface area contributed by atoms with Crippen LogP contribution in [0.2, 0.25) is 0 Å². The van der Waals surface area contributed by atoms with Crippen molar-refractivity contribution in [3.8, 4) is 0 Å². The second-order valence-corrected chi connectivity index (χ2v) is 3.80. The van der Waals surface area contributed by atoms with Crippen molar-refractivity contribution in [1.29, 1.82) is 0 Å². The van der Waals surface area contributed by atoms with E-state index in [-0.39, 0.29) is 18.9 Å². The van der Waals surface area contributed by atoms with E-state index in [2.05, 4.69) is 4.74 Å². The second kappa shape index (κ2) is 4.96. The maximum absolute atomic E-state index is 11.6. The Bertz CT molecular complexity index is 316. The van der Waals surface area contributed by atoms with Gasteiger partial charge in [0.1, 0.15) is 6.04 Å². The minimum absolute atomic E-state index is 0.0937. The summed E-state index contributed by atoms with van der Waals surface area (Å²) < 4.78 is 4.57. The van der Waals surface area contributed by atoms with Gasteiger partial charge in [0.25, 0.3) is 0 Å². The fourth-order valence-electron chi connectivity index (χ4n) is 1.93. The Morgan fingerprint density at radius 3 is 2.69 bits per heavy atom. The first-order valence-corrected chi connectivity index (χ1v) is 5.17. The lowest BCUT2D eigenvalue weighted by atomic mass is 10.1. The molecule has 1 heterocycles. The molecule has 2 atom stereocenters. The molecule has 0 aromatic rings. The van der Waals surface area contributed by atoms with Crippen molar-refractivity contribution in [2.45, 2.75) is 25.8 Å². The van der Waals surface area contributed by atoms with Crippen molar-refractivity contribution >= 4 is 17.8 Å². The maximum Gasteiger partial charge on any atom is 0.310 e. The maximum atomic E-state index is 11.6. The zero-order valence-electron chi connectivity index (χ0n) is 9.43. The smallest absolute Gasteiger partial charge is 0.310 e. The van der Waals surface area contributed by atoms with E-state index in [0.717, 1.165) is 0 Å². The number of rotatable bonds is 4. The number of esters is 1. The number of nitrogens with two attached hydrogens (primary N) is 1. The van der Waals surface area contributed by atoms with Crippen LogP contribution in [0.15, 0.2) is 0 Å². The Balaban J connectivity index is 2.74. The Labute approximate surface area is 93.7 Å². The van der Waals surface area contributed by atoms with E-state index in [1.54, 1.807) is 6.92 Å². The predicted octanol–water partition coefficient (Wildman–Crippen LogP) is -0.728. The van der Waals surface area contributed by atoms with Gasteiger partial charge in [0, 0.05) is 13.0 Å². The van der Waals surface area contributed by atoms with E-state index in [9.17, 15) is 14.4 Å². The molecule has 2 N–H and O–H groups in total. The minimum Gasteiger partial charge on any atom is -0.469 e. The Kier molecular flexibility index (Phi) is 3.87. The van der Waals surface area contributed by atoms with Crippen LogP contribution in [0.3, 0.4) is 0 Å². The fourth-order valence-corrected chi connectivity index (χ4v) is 1.93. The van der Waals surface area contributed by atoms with Crippen molar-refractivity contribution in [2.75, 3.05) is 13.7 Å². The summed E-state index contributed by atoms with van der Waals surface area (Å²) in [5, 5.41) is 0. The molecule has 2 amide bonds. The van der Waals surface area contributed by atoms with Crippen LogP contribution in [0.25, 0.3) is 0 Å². The lowest BCUT2D eigenvalue weighted by Crippen LogP contribution is -2.45. The van der Waals surface area contributed by atoms with Crippen LogP contribution in [0, 0.1) is 5.92 Å². The number of methoxy groups -OCH3 is 1. The summed E-state index contributed by atoms with van der Waals surface area (Å²) in [5.41, 5.74) is 5.19. The summed E-state index contributed by atoms with van der Waals surface area (Å²) in [6.07, 6.45) is 0.547. The average molecular weight is 228 g/mol. The first-order valence-electron chi connectivity index (χ1n) is 5.17. The summed E-state index contributed by atoms with van der Waals surface area (Å²) in [6, 6.07) is -0.623. The van der Waals surface area contributed by atoms with Crippen LogP contribution >= 0.6 is 0 Å². The first kappa shape index (κ1) is 12.5. The molecule has 0 aromatic heterocycles. The van der Waals surface area contributed by atoms with Gasteiger partial charge in [0.15, 0.2) is 0 Å². The van der Waals surface area contributed by atoms with Crippen LogP contribution < -0.4 is 5.73 Å². The minimum atomic E-state index is -0.623. The standard InChI is InChI=1S/C10H16N2O4/c1-3-7(9(11)14)12-5-6(4-8(12)13)10(15)16-2/h6-7H,3-5H2,1-2H3,(H2,11,14)/t6-,7-/m1/s1. The number of ether oxygens (including phenoxy) is 1. The van der Waals surface area contributed by atoms with Crippen molar-refractivity contribution in [2.24, 2.45) is 11.7 Å². The SMILES string of the molecule is CC[C@H](C(N)=O)N1C[C@H](C(=O)OC)CC1=O. The van der Waals surface area contributed by atoms with E-state index in [1.807, 2.05) is 0 Å². The molecule has 6 nitrogen and oxygen atoms in total. The fraction of sp³-hybridized carbons (Fsp3) is 0.700. The van der Waals surface area contributed by atoms with Gasteiger partial charge in [-0.15, -0.1) is 0 Å². The monoisotopic (exact) mass is 228 g/mol. The van der Waals surface area contributed by atoms with E-state index in [4.69, 9.17) is 5.73 Å². The zero-order valence-corrected chi connectivity index (χ0v) is 9.43. The van der Waals surface area contributed by atoms with Gasteiger partial charge in [-0.05, 0) is 6.42 Å². The third kappa shape index (κ3) is 2.32. The van der Waals surface area contributed by atoms with Gasteiger partial charge in [-0.2, -0.15) is 0 Å². The number of primary amides is 1. The molecule has 0 radical (unpaired) electrons. The summed E-state index contributed by atoms with van der Waals surface area (Å²) in [6.45, 7) is 1.99. The van der Waals surface area contributed by atoms with E-state index >= 15 is 0 Å². The lowest BCUT2D eigenvalue weighted by Gasteiger charge is -2.24. The molecule has 6 heteroatoms. The van der Waals surface area contributed by atoms with Gasteiger partial charge >= 0.3 is 5.97 Å². The first-order chi connectivity index (χ1) is 7.51. The summed E-state index contributed by atoms with van der Waals surface area (Å²) in [4.78, 5) is 35.4. The molecule has 0 saturated carbocycles. The van der Waals surface area contributed by atoms with Crippen molar-refractivity contribution in [3.05, 3.63) is 0 Å². The third-order valence-corrected chi connectivity index (χ3v) is 2.78. The molecular weight excluding hydrogens is 212 g/mol. The molecule has 1 rings (SSSR count). The average Bonchev–Trinajstić information content (AvgIpc) is 2.60. The highest BCUT2D eigenvalue weighted by molar-refractivity contribution is 5.91. The molecule has 90 valence electrons. The van der Waals surface area contributed by atoms with Gasteiger partial charge < -0.3 is 15.4 Å². The number of hydrogen-bond acceptors (Lipinski definition) is 4. The van der Waals surface area contributed by atoms with Crippen LogP contribution in [0.5, 0.6) is 0 Å². The van der Waals surface area contributed by atoms with Gasteiger partial charge in [-0.3, -0.25) is 14.4 Å². The molecule has 0 unspecified atom stereocenters. The van der Waals surface area contributed by atoms with Gasteiger partial charge in [-0.25, -0.2) is 0 Å². The number of carbonyl (C=O) groups is 3. The molecule has 0 bridgehead atoms. The summed E-state index contributed by atoms with van der Waals surface area (Å²) in [7, 11) is 1.28. The number of carbonyl (C=O) groups excluding carboxylic acids is 3. The summed E-state index contributed by atoms with van der Waals surface area (Å²) in [5.74, 6) is -1.66. The van der Waals surface area contributed by atoms with Crippen molar-refractivity contribution < 1.29 is 19.1 Å². The van der Waals surface area contributed by atoms with Crippen LogP contribution in [-0.4, -0.2) is 42.4 Å². The highest BCUT2D eigenvalue weighted by Crippen LogP contribution is 2.22. The quantitative estimate of drug-likeness (QED) is 0.642. The predicted molar refractivity (Wildman–Crippen MR) is 55.1 cm³/mol. The van der Waals surface area contributed by atoms with Crippen LogP contribution in [-0.2, 0) is 19.1 Å². The molecule has 1 aliphatic heterocycles. The molecule has 0 spiro atoms. The second-order valence-electron chi connectivity index (χ2n) is 3.80. The third-order valence-electron chi connectivity index (χ3n) is 2.78. The molecule has 0 aromatic carbocycles. The van der Waals surface area contributed by atoms with Crippen LogP contribution in [0.1, 0.15) is 19.8 Å². The molecule has 1 saturated heterocycles. The van der Waals surface area contributed by atoms with Gasteiger partial charge in [-0.1, -0.05) is 6.92 Å². The van der Waals surface area contributed by atoms with Crippen LogP contribution in [0.4, 0.5) is 0 Å². The number of nitrogens with zero attached hydrogens (tertiary/aromatic N) is 1. The highest BCUT2D eigenvalue weighted by atomic mass is 16.5. The van der Waals surface area contributed by atoms with E-state index in [1.165, 1.54) is 12.0 Å². The molecule has 1 fully saturated rings. The largest absolute Gasteiger partial charge is 0.469 e. The molecule has 0 aliphatic carbocycles. The topological polar surface area (TPSA) is 89.7 Å². The van der Waals surface area contributed by atoms with E-state index in [0.29, 0.717) is 6.42 Å². The molecular formula is C10H16N2O4. The molecule has 16 heavy (non-hydrogen) atoms. The Morgan fingerprint density at radius 1 is 1.62 bits per heavy atom. The number of likely N-dealkylation sites (tertiary alicyclic amines) is 1. The Hall–Kier alpha value is -1.59. The highest BCUT2D eigenvalue weighted by Gasteiger charge is 2.39. The molecule has 1 aliphatic rings. The lowest BCUT2D eigenvalue weighted by molar-refractivity contribution is -0.145.